The van der Waals surface area contributed by atoms with Gasteiger partial charge in [0.1, 0.15) is 16.8 Å². The van der Waals surface area contributed by atoms with E-state index in [4.69, 9.17) is 11.6 Å². The Kier molecular flexibility index (Phi) is 3.38. The number of hydrogen-bond donors (Lipinski definition) is 1. The van der Waals surface area contributed by atoms with Crippen molar-refractivity contribution in [2.75, 3.05) is 5.32 Å². The summed E-state index contributed by atoms with van der Waals surface area (Å²) in [6.45, 7) is 2.14. The molecule has 1 aliphatic rings. The fourth-order valence-corrected chi connectivity index (χ4v) is 2.23. The van der Waals surface area contributed by atoms with E-state index in [0.717, 1.165) is 23.8 Å². The summed E-state index contributed by atoms with van der Waals surface area (Å²) in [6.07, 6.45) is 3.36. The first kappa shape index (κ1) is 12.4. The van der Waals surface area contributed by atoms with Gasteiger partial charge in [0.25, 0.3) is 0 Å². The van der Waals surface area contributed by atoms with E-state index in [1.807, 2.05) is 12.1 Å². The quantitative estimate of drug-likeness (QED) is 0.844. The first-order chi connectivity index (χ1) is 9.24. The average Bonchev–Trinajstić information content (AvgIpc) is 3.22. The van der Waals surface area contributed by atoms with Gasteiger partial charge in [0.15, 0.2) is 0 Å². The zero-order valence-electron chi connectivity index (χ0n) is 10.9. The van der Waals surface area contributed by atoms with Crippen molar-refractivity contribution in [3.63, 3.8) is 0 Å². The highest BCUT2D eigenvalue weighted by Gasteiger charge is 2.27. The van der Waals surface area contributed by atoms with Gasteiger partial charge in [-0.25, -0.2) is 9.97 Å². The second-order valence-electron chi connectivity index (χ2n) is 4.89. The summed E-state index contributed by atoms with van der Waals surface area (Å²) >= 11 is 6.06. The van der Waals surface area contributed by atoms with Crippen molar-refractivity contribution in [2.24, 2.45) is 0 Å². The predicted molar refractivity (Wildman–Crippen MR) is 78.1 cm³/mol. The van der Waals surface area contributed by atoms with Crippen molar-refractivity contribution in [2.45, 2.75) is 32.1 Å². The highest BCUT2D eigenvalue weighted by Crippen LogP contribution is 2.39. The molecule has 4 heteroatoms. The number of aromatic nitrogens is 2. The number of hydrogen-bond acceptors (Lipinski definition) is 3. The standard InChI is InChI=1S/C15H16ClN3/c1-2-10-4-3-5-12(8-10)17-14-9-13(16)18-15(19-14)11-6-7-11/h3-5,8-9,11H,2,6-7H2,1H3,(H,17,18,19). The summed E-state index contributed by atoms with van der Waals surface area (Å²) in [5.41, 5.74) is 2.34. The SMILES string of the molecule is CCc1cccc(Nc2cc(Cl)nc(C3CC3)n2)c1. The first-order valence-electron chi connectivity index (χ1n) is 6.65. The summed E-state index contributed by atoms with van der Waals surface area (Å²) < 4.78 is 0. The third-order valence-corrected chi connectivity index (χ3v) is 3.46. The Bertz CT molecular complexity index is 594. The average molecular weight is 274 g/mol. The van der Waals surface area contributed by atoms with Crippen LogP contribution in [0.3, 0.4) is 0 Å². The van der Waals surface area contributed by atoms with Gasteiger partial charge in [-0.15, -0.1) is 0 Å². The van der Waals surface area contributed by atoms with Crippen LogP contribution in [0.5, 0.6) is 0 Å². The van der Waals surface area contributed by atoms with Crippen molar-refractivity contribution in [3.8, 4) is 0 Å². The maximum absolute atomic E-state index is 6.06. The lowest BCUT2D eigenvalue weighted by Gasteiger charge is -2.08. The lowest BCUT2D eigenvalue weighted by Crippen LogP contribution is -1.99. The lowest BCUT2D eigenvalue weighted by molar-refractivity contribution is 0.930. The van der Waals surface area contributed by atoms with Crippen LogP contribution in [-0.4, -0.2) is 9.97 Å². The predicted octanol–water partition coefficient (Wildman–Crippen LogP) is 4.31. The van der Waals surface area contributed by atoms with Crippen molar-refractivity contribution >= 4 is 23.1 Å². The second kappa shape index (κ2) is 5.17. The van der Waals surface area contributed by atoms with E-state index in [1.54, 1.807) is 6.07 Å². The minimum Gasteiger partial charge on any atom is -0.340 e. The molecule has 19 heavy (non-hydrogen) atoms. The number of anilines is 2. The molecular formula is C15H16ClN3. The topological polar surface area (TPSA) is 37.8 Å². The third-order valence-electron chi connectivity index (χ3n) is 3.26. The molecule has 1 fully saturated rings. The minimum absolute atomic E-state index is 0.501. The minimum atomic E-state index is 0.501. The Labute approximate surface area is 118 Å². The molecule has 1 aromatic heterocycles. The number of benzene rings is 1. The molecule has 0 bridgehead atoms. The Balaban J connectivity index is 1.85. The van der Waals surface area contributed by atoms with Crippen LogP contribution in [0, 0.1) is 0 Å². The van der Waals surface area contributed by atoms with Gasteiger partial charge in [-0.2, -0.15) is 0 Å². The third kappa shape index (κ3) is 3.04. The zero-order valence-corrected chi connectivity index (χ0v) is 11.6. The van der Waals surface area contributed by atoms with Crippen LogP contribution >= 0.6 is 11.6 Å². The summed E-state index contributed by atoms with van der Waals surface area (Å²) in [7, 11) is 0. The van der Waals surface area contributed by atoms with Crippen LogP contribution in [0.1, 0.15) is 37.1 Å². The van der Waals surface area contributed by atoms with E-state index >= 15 is 0 Å². The molecule has 1 heterocycles. The Morgan fingerprint density at radius 2 is 2.11 bits per heavy atom. The summed E-state index contributed by atoms with van der Waals surface area (Å²) in [5.74, 6) is 2.14. The van der Waals surface area contributed by atoms with Gasteiger partial charge < -0.3 is 5.32 Å². The molecule has 0 radical (unpaired) electrons. The molecule has 1 aromatic carbocycles. The maximum Gasteiger partial charge on any atom is 0.135 e. The summed E-state index contributed by atoms with van der Waals surface area (Å²) in [6, 6.07) is 10.1. The van der Waals surface area contributed by atoms with Crippen molar-refractivity contribution in [1.29, 1.82) is 0 Å². The van der Waals surface area contributed by atoms with Gasteiger partial charge in [-0.05, 0) is 37.0 Å². The van der Waals surface area contributed by atoms with E-state index < -0.39 is 0 Å². The molecule has 1 aliphatic carbocycles. The van der Waals surface area contributed by atoms with E-state index in [2.05, 4.69) is 34.3 Å². The Morgan fingerprint density at radius 1 is 1.26 bits per heavy atom. The Hall–Kier alpha value is -1.61. The zero-order chi connectivity index (χ0) is 13.2. The van der Waals surface area contributed by atoms with Gasteiger partial charge in [0.05, 0.1) is 0 Å². The van der Waals surface area contributed by atoms with Crippen molar-refractivity contribution in [1.82, 2.24) is 9.97 Å². The van der Waals surface area contributed by atoms with Crippen LogP contribution in [0.15, 0.2) is 30.3 Å². The van der Waals surface area contributed by atoms with E-state index in [-0.39, 0.29) is 0 Å². The first-order valence-corrected chi connectivity index (χ1v) is 7.03. The number of halogens is 1. The van der Waals surface area contributed by atoms with E-state index in [1.165, 1.54) is 18.4 Å². The summed E-state index contributed by atoms with van der Waals surface area (Å²) in [5, 5.41) is 3.81. The molecule has 0 atom stereocenters. The molecule has 0 unspecified atom stereocenters. The monoisotopic (exact) mass is 273 g/mol. The number of rotatable bonds is 4. The normalized spacial score (nSPS) is 14.4. The van der Waals surface area contributed by atoms with Gasteiger partial charge in [0.2, 0.25) is 0 Å². The van der Waals surface area contributed by atoms with Crippen LogP contribution in [-0.2, 0) is 6.42 Å². The number of nitrogens with one attached hydrogen (secondary N) is 1. The molecule has 0 spiro atoms. The Morgan fingerprint density at radius 3 is 2.84 bits per heavy atom. The molecule has 0 saturated heterocycles. The van der Waals surface area contributed by atoms with E-state index in [0.29, 0.717) is 11.1 Å². The van der Waals surface area contributed by atoms with Gasteiger partial charge >= 0.3 is 0 Å². The molecule has 1 saturated carbocycles. The number of nitrogens with zero attached hydrogens (tertiary/aromatic N) is 2. The van der Waals surface area contributed by atoms with Crippen LogP contribution in [0.2, 0.25) is 5.15 Å². The van der Waals surface area contributed by atoms with E-state index in [9.17, 15) is 0 Å². The lowest BCUT2D eigenvalue weighted by atomic mass is 10.1. The molecule has 3 nitrogen and oxygen atoms in total. The smallest absolute Gasteiger partial charge is 0.135 e. The molecule has 98 valence electrons. The summed E-state index contributed by atoms with van der Waals surface area (Å²) in [4.78, 5) is 8.83. The van der Waals surface area contributed by atoms with Crippen LogP contribution < -0.4 is 5.32 Å². The highest BCUT2D eigenvalue weighted by atomic mass is 35.5. The fourth-order valence-electron chi connectivity index (χ4n) is 2.04. The van der Waals surface area contributed by atoms with Gasteiger partial charge in [-0.3, -0.25) is 0 Å². The highest BCUT2D eigenvalue weighted by molar-refractivity contribution is 6.29. The van der Waals surface area contributed by atoms with Gasteiger partial charge in [0, 0.05) is 17.7 Å². The van der Waals surface area contributed by atoms with Crippen LogP contribution in [0.25, 0.3) is 0 Å². The largest absolute Gasteiger partial charge is 0.340 e. The molecule has 3 rings (SSSR count). The second-order valence-corrected chi connectivity index (χ2v) is 5.27. The van der Waals surface area contributed by atoms with Crippen molar-refractivity contribution < 1.29 is 0 Å². The van der Waals surface area contributed by atoms with Crippen LogP contribution in [0.4, 0.5) is 11.5 Å². The van der Waals surface area contributed by atoms with Gasteiger partial charge in [-0.1, -0.05) is 30.7 Å². The molecule has 2 aromatic rings. The molecular weight excluding hydrogens is 258 g/mol. The molecule has 1 N–H and O–H groups in total. The van der Waals surface area contributed by atoms with Crippen molar-refractivity contribution in [3.05, 3.63) is 46.9 Å². The maximum atomic E-state index is 6.06. The number of aryl methyl sites for hydroxylation is 1. The molecule has 0 amide bonds. The fraction of sp³-hybridized carbons (Fsp3) is 0.333. The molecule has 0 aliphatic heterocycles.